The standard InChI is InChI=1S/C17H21FN2O3/c1-20(2)14(16-5-4-8-23-16)11-19-17(21)10-12-6-7-15(22-3)13(18)9-12/h4-9,14H,10-11H2,1-3H3,(H,19,21). The second-order valence-electron chi connectivity index (χ2n) is 5.44. The highest BCUT2D eigenvalue weighted by atomic mass is 19.1. The third-order valence-corrected chi connectivity index (χ3v) is 3.57. The average molecular weight is 320 g/mol. The van der Waals surface area contributed by atoms with E-state index in [9.17, 15) is 9.18 Å². The Bertz CT molecular complexity index is 641. The summed E-state index contributed by atoms with van der Waals surface area (Å²) in [6.45, 7) is 0.415. The Balaban J connectivity index is 1.93. The van der Waals surface area contributed by atoms with Gasteiger partial charge in [0.05, 0.1) is 25.8 Å². The lowest BCUT2D eigenvalue weighted by atomic mass is 10.1. The number of hydrogen-bond donors (Lipinski definition) is 1. The van der Waals surface area contributed by atoms with E-state index in [0.717, 1.165) is 5.76 Å². The van der Waals surface area contributed by atoms with Crippen LogP contribution in [0.2, 0.25) is 0 Å². The molecule has 1 aromatic carbocycles. The van der Waals surface area contributed by atoms with Gasteiger partial charge in [0.1, 0.15) is 5.76 Å². The monoisotopic (exact) mass is 320 g/mol. The van der Waals surface area contributed by atoms with Crippen LogP contribution in [0.1, 0.15) is 17.4 Å². The number of ether oxygens (including phenoxy) is 1. The fourth-order valence-corrected chi connectivity index (χ4v) is 2.30. The lowest BCUT2D eigenvalue weighted by Crippen LogP contribution is -2.35. The van der Waals surface area contributed by atoms with E-state index in [0.29, 0.717) is 12.1 Å². The van der Waals surface area contributed by atoms with Gasteiger partial charge in [-0.15, -0.1) is 0 Å². The maximum atomic E-state index is 13.6. The predicted molar refractivity (Wildman–Crippen MR) is 84.8 cm³/mol. The number of nitrogens with one attached hydrogen (secondary N) is 1. The summed E-state index contributed by atoms with van der Waals surface area (Å²) in [5, 5.41) is 2.85. The lowest BCUT2D eigenvalue weighted by molar-refractivity contribution is -0.120. The minimum absolute atomic E-state index is 0.0541. The fraction of sp³-hybridized carbons (Fsp3) is 0.353. The Morgan fingerprint density at radius 3 is 2.74 bits per heavy atom. The van der Waals surface area contributed by atoms with Crippen LogP contribution in [0.15, 0.2) is 41.0 Å². The Morgan fingerprint density at radius 1 is 1.39 bits per heavy atom. The zero-order valence-electron chi connectivity index (χ0n) is 13.5. The summed E-state index contributed by atoms with van der Waals surface area (Å²) in [6, 6.07) is 8.14. The molecule has 1 amide bonds. The first kappa shape index (κ1) is 17.0. The molecule has 0 saturated carbocycles. The number of hydrogen-bond acceptors (Lipinski definition) is 4. The summed E-state index contributed by atoms with van der Waals surface area (Å²) in [6.07, 6.45) is 1.72. The smallest absolute Gasteiger partial charge is 0.224 e. The number of rotatable bonds is 7. The largest absolute Gasteiger partial charge is 0.494 e. The summed E-state index contributed by atoms with van der Waals surface area (Å²) in [5.41, 5.74) is 0.597. The molecule has 0 aliphatic carbocycles. The Hall–Kier alpha value is -2.34. The Morgan fingerprint density at radius 2 is 2.17 bits per heavy atom. The van der Waals surface area contributed by atoms with Crippen molar-refractivity contribution in [3.8, 4) is 5.75 Å². The molecule has 0 aliphatic heterocycles. The molecule has 2 rings (SSSR count). The highest BCUT2D eigenvalue weighted by Crippen LogP contribution is 2.19. The van der Waals surface area contributed by atoms with Gasteiger partial charge < -0.3 is 14.5 Å². The topological polar surface area (TPSA) is 54.7 Å². The number of amides is 1. The number of carbonyl (C=O) groups excluding carboxylic acids is 1. The third kappa shape index (κ3) is 4.56. The molecule has 1 N–H and O–H groups in total. The number of furan rings is 1. The van der Waals surface area contributed by atoms with Crippen molar-refractivity contribution >= 4 is 5.91 Å². The van der Waals surface area contributed by atoms with Crippen LogP contribution in [0, 0.1) is 5.82 Å². The molecule has 1 atom stereocenters. The van der Waals surface area contributed by atoms with E-state index < -0.39 is 5.82 Å². The normalized spacial score (nSPS) is 12.2. The maximum absolute atomic E-state index is 13.6. The van der Waals surface area contributed by atoms with Gasteiger partial charge in [-0.05, 0) is 43.9 Å². The van der Waals surface area contributed by atoms with E-state index in [1.807, 2.05) is 31.1 Å². The Labute approximate surface area is 135 Å². The van der Waals surface area contributed by atoms with Gasteiger partial charge >= 0.3 is 0 Å². The minimum atomic E-state index is -0.473. The highest BCUT2D eigenvalue weighted by Gasteiger charge is 2.18. The van der Waals surface area contributed by atoms with E-state index in [4.69, 9.17) is 9.15 Å². The molecular formula is C17H21FN2O3. The van der Waals surface area contributed by atoms with E-state index in [2.05, 4.69) is 5.32 Å². The van der Waals surface area contributed by atoms with Gasteiger partial charge in [0.2, 0.25) is 5.91 Å². The SMILES string of the molecule is COc1ccc(CC(=O)NCC(c2ccco2)N(C)C)cc1F. The van der Waals surface area contributed by atoms with Crippen LogP contribution in [0.5, 0.6) is 5.75 Å². The first-order valence-corrected chi connectivity index (χ1v) is 7.30. The van der Waals surface area contributed by atoms with Gasteiger partial charge in [-0.3, -0.25) is 9.69 Å². The van der Waals surface area contributed by atoms with Gasteiger partial charge in [-0.2, -0.15) is 0 Å². The van der Waals surface area contributed by atoms with E-state index in [-0.39, 0.29) is 24.1 Å². The van der Waals surface area contributed by atoms with E-state index in [1.54, 1.807) is 12.3 Å². The molecule has 1 heterocycles. The summed E-state index contributed by atoms with van der Waals surface area (Å²) in [7, 11) is 5.23. The predicted octanol–water partition coefficient (Wildman–Crippen LogP) is 2.39. The first-order chi connectivity index (χ1) is 11.0. The van der Waals surface area contributed by atoms with Gasteiger partial charge in [-0.1, -0.05) is 6.07 Å². The zero-order chi connectivity index (χ0) is 16.8. The number of likely N-dealkylation sites (N-methyl/N-ethyl adjacent to an activating group) is 1. The molecule has 0 fully saturated rings. The molecular weight excluding hydrogens is 299 g/mol. The van der Waals surface area contributed by atoms with Gasteiger partial charge in [0.15, 0.2) is 11.6 Å². The summed E-state index contributed by atoms with van der Waals surface area (Å²) >= 11 is 0. The van der Waals surface area contributed by atoms with Crippen molar-refractivity contribution in [2.24, 2.45) is 0 Å². The van der Waals surface area contributed by atoms with Crippen LogP contribution < -0.4 is 10.1 Å². The molecule has 0 aliphatic rings. The summed E-state index contributed by atoms with van der Waals surface area (Å²) in [5.74, 6) is 0.304. The second-order valence-corrected chi connectivity index (χ2v) is 5.44. The van der Waals surface area contributed by atoms with Crippen LogP contribution in [-0.2, 0) is 11.2 Å². The number of carbonyl (C=O) groups is 1. The van der Waals surface area contributed by atoms with E-state index in [1.165, 1.54) is 19.2 Å². The highest BCUT2D eigenvalue weighted by molar-refractivity contribution is 5.78. The van der Waals surface area contributed by atoms with Crippen LogP contribution in [0.3, 0.4) is 0 Å². The van der Waals surface area contributed by atoms with Gasteiger partial charge in [-0.25, -0.2) is 4.39 Å². The van der Waals surface area contributed by atoms with Crippen molar-refractivity contribution in [3.05, 3.63) is 53.7 Å². The Kier molecular flexibility index (Phi) is 5.76. The quantitative estimate of drug-likeness (QED) is 0.851. The van der Waals surface area contributed by atoms with Crippen molar-refractivity contribution in [1.82, 2.24) is 10.2 Å². The molecule has 124 valence electrons. The van der Waals surface area contributed by atoms with Gasteiger partial charge in [0.25, 0.3) is 0 Å². The molecule has 23 heavy (non-hydrogen) atoms. The molecule has 2 aromatic rings. The van der Waals surface area contributed by atoms with E-state index >= 15 is 0 Å². The molecule has 1 unspecified atom stereocenters. The fourth-order valence-electron chi connectivity index (χ4n) is 2.30. The molecule has 5 nitrogen and oxygen atoms in total. The van der Waals surface area contributed by atoms with Crippen molar-refractivity contribution in [2.45, 2.75) is 12.5 Å². The maximum Gasteiger partial charge on any atom is 0.224 e. The molecule has 0 saturated heterocycles. The minimum Gasteiger partial charge on any atom is -0.494 e. The third-order valence-electron chi connectivity index (χ3n) is 3.57. The lowest BCUT2D eigenvalue weighted by Gasteiger charge is -2.22. The summed E-state index contributed by atoms with van der Waals surface area (Å²) in [4.78, 5) is 14.0. The molecule has 0 radical (unpaired) electrons. The molecule has 1 aromatic heterocycles. The van der Waals surface area contributed by atoms with Crippen molar-refractivity contribution in [2.75, 3.05) is 27.7 Å². The van der Waals surface area contributed by atoms with Crippen molar-refractivity contribution < 1.29 is 18.3 Å². The molecule has 0 spiro atoms. The number of halogens is 1. The van der Waals surface area contributed by atoms with Crippen LogP contribution in [0.25, 0.3) is 0 Å². The average Bonchev–Trinajstić information content (AvgIpc) is 3.01. The summed E-state index contributed by atoms with van der Waals surface area (Å²) < 4.78 is 23.9. The van der Waals surface area contributed by atoms with Crippen LogP contribution in [-0.4, -0.2) is 38.6 Å². The van der Waals surface area contributed by atoms with Crippen LogP contribution in [0.4, 0.5) is 4.39 Å². The molecule has 0 bridgehead atoms. The first-order valence-electron chi connectivity index (χ1n) is 7.30. The molecule has 6 heteroatoms. The number of methoxy groups -OCH3 is 1. The number of nitrogens with zero attached hydrogens (tertiary/aromatic N) is 1. The van der Waals surface area contributed by atoms with Gasteiger partial charge in [0, 0.05) is 6.54 Å². The zero-order valence-corrected chi connectivity index (χ0v) is 13.5. The van der Waals surface area contributed by atoms with Crippen molar-refractivity contribution in [3.63, 3.8) is 0 Å². The van der Waals surface area contributed by atoms with Crippen LogP contribution >= 0.6 is 0 Å². The number of benzene rings is 1. The van der Waals surface area contributed by atoms with Crippen molar-refractivity contribution in [1.29, 1.82) is 0 Å². The second kappa shape index (κ2) is 7.78.